The first-order valence-electron chi connectivity index (χ1n) is 5.32. The zero-order chi connectivity index (χ0) is 14.6. The van der Waals surface area contributed by atoms with Crippen LogP contribution in [0.2, 0.25) is 0 Å². The third-order valence-corrected chi connectivity index (χ3v) is 4.53. The summed E-state index contributed by atoms with van der Waals surface area (Å²) in [5, 5.41) is 8.96. The van der Waals surface area contributed by atoms with Gasteiger partial charge in [0.2, 0.25) is 10.0 Å². The molecular weight excluding hydrogens is 338 g/mol. The Morgan fingerprint density at radius 2 is 2.16 bits per heavy atom. The van der Waals surface area contributed by atoms with Crippen LogP contribution in [0.4, 0.5) is 0 Å². The molecule has 1 unspecified atom stereocenters. The Hall–Kier alpha value is -0.960. The van der Waals surface area contributed by atoms with E-state index in [-0.39, 0.29) is 17.1 Å². The van der Waals surface area contributed by atoms with Crippen molar-refractivity contribution >= 4 is 31.9 Å². The molecule has 0 bridgehead atoms. The molecule has 1 aromatic carbocycles. The number of carboxylic acids is 1. The number of halogens is 1. The van der Waals surface area contributed by atoms with Crippen molar-refractivity contribution in [2.24, 2.45) is 0 Å². The molecule has 0 saturated heterocycles. The Morgan fingerprint density at radius 1 is 1.53 bits per heavy atom. The van der Waals surface area contributed by atoms with E-state index in [1.807, 2.05) is 0 Å². The van der Waals surface area contributed by atoms with Gasteiger partial charge in [0.1, 0.15) is 0 Å². The molecule has 6 nitrogen and oxygen atoms in total. The summed E-state index contributed by atoms with van der Waals surface area (Å²) < 4.78 is 31.6. The third kappa shape index (κ3) is 4.27. The minimum absolute atomic E-state index is 0.101. The fraction of sp³-hybridized carbons (Fsp3) is 0.364. The number of carbonyl (C=O) groups is 1. The Kier molecular flexibility index (Phi) is 5.48. The van der Waals surface area contributed by atoms with Gasteiger partial charge in [0.05, 0.1) is 17.1 Å². The number of rotatable bonds is 6. The summed E-state index contributed by atoms with van der Waals surface area (Å²) in [6.45, 7) is 1.87. The molecule has 2 N–H and O–H groups in total. The van der Waals surface area contributed by atoms with Gasteiger partial charge in [-0.15, -0.1) is 0 Å². The van der Waals surface area contributed by atoms with E-state index in [2.05, 4.69) is 20.7 Å². The summed E-state index contributed by atoms with van der Waals surface area (Å²) in [4.78, 5) is 10.9. The first-order valence-corrected chi connectivity index (χ1v) is 7.59. The van der Waals surface area contributed by atoms with Crippen LogP contribution < -0.4 is 4.72 Å². The number of methoxy groups -OCH3 is 1. The van der Waals surface area contributed by atoms with Gasteiger partial charge in [-0.2, -0.15) is 0 Å². The second-order valence-electron chi connectivity index (χ2n) is 3.92. The molecule has 1 rings (SSSR count). The van der Waals surface area contributed by atoms with Crippen LogP contribution in [0.3, 0.4) is 0 Å². The van der Waals surface area contributed by atoms with E-state index in [1.165, 1.54) is 19.2 Å². The zero-order valence-corrected chi connectivity index (χ0v) is 12.8. The molecule has 0 aliphatic carbocycles. The van der Waals surface area contributed by atoms with Crippen molar-refractivity contribution in [1.82, 2.24) is 4.72 Å². The van der Waals surface area contributed by atoms with Crippen molar-refractivity contribution in [2.75, 3.05) is 13.7 Å². The summed E-state index contributed by atoms with van der Waals surface area (Å²) in [5.74, 6) is -1.20. The Labute approximate surface area is 120 Å². The van der Waals surface area contributed by atoms with Crippen molar-refractivity contribution < 1.29 is 23.1 Å². The smallest absolute Gasteiger partial charge is 0.336 e. The SMILES string of the molecule is COCC(C)NS(=O)(=O)c1ccc(Br)c(C(=O)O)c1. The zero-order valence-electron chi connectivity index (χ0n) is 10.4. The lowest BCUT2D eigenvalue weighted by atomic mass is 10.2. The summed E-state index contributed by atoms with van der Waals surface area (Å²) in [6.07, 6.45) is 0. The molecule has 0 amide bonds. The Morgan fingerprint density at radius 3 is 2.68 bits per heavy atom. The van der Waals surface area contributed by atoms with Crippen molar-refractivity contribution in [3.63, 3.8) is 0 Å². The Bertz CT molecular complexity index is 572. The van der Waals surface area contributed by atoms with Crippen LogP contribution in [0, 0.1) is 0 Å². The lowest BCUT2D eigenvalue weighted by molar-refractivity contribution is 0.0695. The highest BCUT2D eigenvalue weighted by molar-refractivity contribution is 9.10. The molecule has 0 saturated carbocycles. The monoisotopic (exact) mass is 351 g/mol. The van der Waals surface area contributed by atoms with E-state index in [1.54, 1.807) is 6.92 Å². The maximum Gasteiger partial charge on any atom is 0.336 e. The minimum atomic E-state index is -3.77. The molecule has 0 aliphatic heterocycles. The van der Waals surface area contributed by atoms with Gasteiger partial charge >= 0.3 is 5.97 Å². The van der Waals surface area contributed by atoms with E-state index >= 15 is 0 Å². The van der Waals surface area contributed by atoms with E-state index < -0.39 is 22.0 Å². The lowest BCUT2D eigenvalue weighted by Crippen LogP contribution is -2.35. The summed E-state index contributed by atoms with van der Waals surface area (Å²) >= 11 is 3.06. The average molecular weight is 352 g/mol. The number of hydrogen-bond donors (Lipinski definition) is 2. The number of aromatic carboxylic acids is 1. The molecule has 0 aliphatic rings. The molecule has 19 heavy (non-hydrogen) atoms. The van der Waals surface area contributed by atoms with Crippen LogP contribution in [0.5, 0.6) is 0 Å². The molecule has 1 atom stereocenters. The highest BCUT2D eigenvalue weighted by Crippen LogP contribution is 2.21. The van der Waals surface area contributed by atoms with E-state index in [4.69, 9.17) is 9.84 Å². The molecule has 106 valence electrons. The molecule has 0 radical (unpaired) electrons. The average Bonchev–Trinajstić information content (AvgIpc) is 2.28. The molecule has 0 heterocycles. The molecule has 1 aromatic rings. The maximum absolute atomic E-state index is 12.0. The van der Waals surface area contributed by atoms with Crippen molar-refractivity contribution in [3.05, 3.63) is 28.2 Å². The minimum Gasteiger partial charge on any atom is -0.478 e. The Balaban J connectivity index is 3.08. The molecular formula is C11H14BrNO5S. The largest absolute Gasteiger partial charge is 0.478 e. The van der Waals surface area contributed by atoms with Gasteiger partial charge in [-0.1, -0.05) is 0 Å². The van der Waals surface area contributed by atoms with Gasteiger partial charge in [0.25, 0.3) is 0 Å². The topological polar surface area (TPSA) is 92.7 Å². The first kappa shape index (κ1) is 16.1. The van der Waals surface area contributed by atoms with Crippen molar-refractivity contribution in [3.8, 4) is 0 Å². The van der Waals surface area contributed by atoms with Gasteiger partial charge in [0.15, 0.2) is 0 Å². The van der Waals surface area contributed by atoms with Crippen molar-refractivity contribution in [1.29, 1.82) is 0 Å². The standard InChI is InChI=1S/C11H14BrNO5S/c1-7(6-18-2)13-19(16,17)8-3-4-10(12)9(5-8)11(14)15/h3-5,7,13H,6H2,1-2H3,(H,14,15). The lowest BCUT2D eigenvalue weighted by Gasteiger charge is -2.13. The third-order valence-electron chi connectivity index (χ3n) is 2.25. The van der Waals surface area contributed by atoms with E-state index in [9.17, 15) is 13.2 Å². The van der Waals surface area contributed by atoms with Crippen LogP contribution in [0.15, 0.2) is 27.6 Å². The van der Waals surface area contributed by atoms with Gasteiger partial charge in [-0.05, 0) is 41.1 Å². The van der Waals surface area contributed by atoms with E-state index in [0.717, 1.165) is 6.07 Å². The number of ether oxygens (including phenoxy) is 1. The van der Waals surface area contributed by atoms with Crippen molar-refractivity contribution in [2.45, 2.75) is 17.9 Å². The highest BCUT2D eigenvalue weighted by Gasteiger charge is 2.20. The number of sulfonamides is 1. The van der Waals surface area contributed by atoms with Gasteiger partial charge in [-0.25, -0.2) is 17.9 Å². The normalized spacial score (nSPS) is 13.2. The van der Waals surface area contributed by atoms with Crippen LogP contribution in [0.25, 0.3) is 0 Å². The summed E-state index contributed by atoms with van der Waals surface area (Å²) in [5.41, 5.74) is -0.109. The fourth-order valence-electron chi connectivity index (χ4n) is 1.45. The summed E-state index contributed by atoms with van der Waals surface area (Å²) in [7, 11) is -2.30. The second-order valence-corrected chi connectivity index (χ2v) is 6.49. The molecule has 8 heteroatoms. The molecule has 0 aromatic heterocycles. The highest BCUT2D eigenvalue weighted by atomic mass is 79.9. The van der Waals surface area contributed by atoms with Gasteiger partial charge in [-0.3, -0.25) is 0 Å². The summed E-state index contributed by atoms with van der Waals surface area (Å²) in [6, 6.07) is 3.41. The first-order chi connectivity index (χ1) is 8.77. The van der Waals surface area contributed by atoms with Crippen LogP contribution >= 0.6 is 15.9 Å². The van der Waals surface area contributed by atoms with E-state index in [0.29, 0.717) is 4.47 Å². The van der Waals surface area contributed by atoms with Crippen LogP contribution in [-0.4, -0.2) is 39.3 Å². The predicted molar refractivity (Wildman–Crippen MR) is 72.8 cm³/mol. The maximum atomic E-state index is 12.0. The molecule has 0 spiro atoms. The predicted octanol–water partition coefficient (Wildman–Crippen LogP) is 1.46. The number of hydrogen-bond acceptors (Lipinski definition) is 4. The number of carboxylic acid groups (broad SMARTS) is 1. The number of nitrogens with one attached hydrogen (secondary N) is 1. The van der Waals surface area contributed by atoms with Crippen LogP contribution in [0.1, 0.15) is 17.3 Å². The van der Waals surface area contributed by atoms with Gasteiger partial charge < -0.3 is 9.84 Å². The number of benzene rings is 1. The second kappa shape index (κ2) is 6.47. The van der Waals surface area contributed by atoms with Gasteiger partial charge in [0, 0.05) is 17.6 Å². The fourth-order valence-corrected chi connectivity index (χ4v) is 3.12. The van der Waals surface area contributed by atoms with Crippen LogP contribution in [-0.2, 0) is 14.8 Å². The molecule has 0 fully saturated rings. The quantitative estimate of drug-likeness (QED) is 0.809.